The second-order valence-electron chi connectivity index (χ2n) is 5.36. The molecule has 0 saturated carbocycles. The summed E-state index contributed by atoms with van der Waals surface area (Å²) < 4.78 is 0. The normalized spacial score (nSPS) is 15.0. The maximum Gasteiger partial charge on any atom is 0.249 e. The molecule has 0 aliphatic carbocycles. The Kier molecular flexibility index (Phi) is 4.44. The lowest BCUT2D eigenvalue weighted by Crippen LogP contribution is -2.25. The monoisotopic (exact) mass is 294 g/mol. The Labute approximate surface area is 129 Å². The molecule has 1 fully saturated rings. The van der Waals surface area contributed by atoms with Crippen molar-refractivity contribution in [1.29, 1.82) is 5.26 Å². The van der Waals surface area contributed by atoms with Gasteiger partial charge in [-0.25, -0.2) is 0 Å². The average Bonchev–Trinajstić information content (AvgIpc) is 2.84. The Morgan fingerprint density at radius 1 is 1.14 bits per heavy atom. The van der Waals surface area contributed by atoms with Crippen LogP contribution in [0.15, 0.2) is 30.5 Å². The first-order valence-electron chi connectivity index (χ1n) is 7.57. The molecule has 1 saturated heterocycles. The van der Waals surface area contributed by atoms with E-state index in [0.717, 1.165) is 24.6 Å². The van der Waals surface area contributed by atoms with Gasteiger partial charge in [-0.2, -0.15) is 15.3 Å². The zero-order valence-electron chi connectivity index (χ0n) is 12.4. The van der Waals surface area contributed by atoms with Crippen molar-refractivity contribution < 1.29 is 0 Å². The summed E-state index contributed by atoms with van der Waals surface area (Å²) in [5.74, 6) is 1.31. The topological polar surface area (TPSA) is 77.7 Å². The molecule has 0 unspecified atom stereocenters. The summed E-state index contributed by atoms with van der Waals surface area (Å²) >= 11 is 0. The highest BCUT2D eigenvalue weighted by atomic mass is 15.3. The van der Waals surface area contributed by atoms with E-state index in [4.69, 9.17) is 5.26 Å². The highest BCUT2D eigenvalue weighted by Gasteiger charge is 2.12. The molecule has 6 heteroatoms. The number of hydrogen-bond acceptors (Lipinski definition) is 6. The highest BCUT2D eigenvalue weighted by molar-refractivity contribution is 5.57. The zero-order valence-corrected chi connectivity index (χ0v) is 12.4. The van der Waals surface area contributed by atoms with Gasteiger partial charge in [0.1, 0.15) is 0 Å². The Hall–Kier alpha value is -2.68. The van der Waals surface area contributed by atoms with Crippen LogP contribution in [0.1, 0.15) is 31.2 Å². The second kappa shape index (κ2) is 6.85. The number of benzene rings is 1. The smallest absolute Gasteiger partial charge is 0.249 e. The molecular formula is C16H18N6. The minimum absolute atomic E-state index is 0.455. The quantitative estimate of drug-likeness (QED) is 0.938. The Balaban J connectivity index is 1.77. The zero-order chi connectivity index (χ0) is 15.2. The van der Waals surface area contributed by atoms with E-state index in [-0.39, 0.29) is 0 Å². The van der Waals surface area contributed by atoms with E-state index in [1.54, 1.807) is 18.3 Å². The van der Waals surface area contributed by atoms with Crippen LogP contribution in [-0.2, 0) is 0 Å². The Morgan fingerprint density at radius 3 is 2.73 bits per heavy atom. The number of rotatable bonds is 3. The van der Waals surface area contributed by atoms with E-state index in [1.165, 1.54) is 25.7 Å². The van der Waals surface area contributed by atoms with Gasteiger partial charge in [0.2, 0.25) is 5.95 Å². The largest absolute Gasteiger partial charge is 0.355 e. The average molecular weight is 294 g/mol. The van der Waals surface area contributed by atoms with Crippen LogP contribution in [0.3, 0.4) is 0 Å². The minimum Gasteiger partial charge on any atom is -0.355 e. The minimum atomic E-state index is 0.455. The molecule has 22 heavy (non-hydrogen) atoms. The third-order valence-electron chi connectivity index (χ3n) is 3.72. The molecule has 1 aromatic carbocycles. The van der Waals surface area contributed by atoms with Gasteiger partial charge in [0.25, 0.3) is 0 Å². The predicted octanol–water partition coefficient (Wildman–Crippen LogP) is 2.87. The van der Waals surface area contributed by atoms with Gasteiger partial charge in [-0.15, -0.1) is 5.10 Å². The summed E-state index contributed by atoms with van der Waals surface area (Å²) in [4.78, 5) is 6.81. The Bertz CT molecular complexity index is 670. The Morgan fingerprint density at radius 2 is 1.95 bits per heavy atom. The number of nitrogens with one attached hydrogen (secondary N) is 1. The van der Waals surface area contributed by atoms with E-state index in [2.05, 4.69) is 31.5 Å². The van der Waals surface area contributed by atoms with Gasteiger partial charge in [0.15, 0.2) is 5.82 Å². The van der Waals surface area contributed by atoms with Crippen molar-refractivity contribution >= 4 is 17.5 Å². The lowest BCUT2D eigenvalue weighted by Gasteiger charge is -2.20. The molecule has 6 nitrogen and oxygen atoms in total. The van der Waals surface area contributed by atoms with Crippen LogP contribution in [0, 0.1) is 11.3 Å². The van der Waals surface area contributed by atoms with Crippen molar-refractivity contribution in [2.75, 3.05) is 23.3 Å². The van der Waals surface area contributed by atoms with Gasteiger partial charge >= 0.3 is 0 Å². The third kappa shape index (κ3) is 3.50. The SMILES string of the molecule is N#Cc1cccc(Nc2nncc(N3CCCCCC3)n2)c1. The van der Waals surface area contributed by atoms with Gasteiger partial charge in [0.05, 0.1) is 17.8 Å². The summed E-state index contributed by atoms with van der Waals surface area (Å²) in [7, 11) is 0. The highest BCUT2D eigenvalue weighted by Crippen LogP contribution is 2.19. The van der Waals surface area contributed by atoms with Crippen molar-refractivity contribution in [3.63, 3.8) is 0 Å². The summed E-state index contributed by atoms with van der Waals surface area (Å²) in [6.45, 7) is 2.03. The predicted molar refractivity (Wildman–Crippen MR) is 84.9 cm³/mol. The lowest BCUT2D eigenvalue weighted by molar-refractivity contribution is 0.726. The first-order valence-corrected chi connectivity index (χ1v) is 7.57. The molecule has 0 radical (unpaired) electrons. The van der Waals surface area contributed by atoms with E-state index in [0.29, 0.717) is 11.5 Å². The van der Waals surface area contributed by atoms with Crippen molar-refractivity contribution in [3.05, 3.63) is 36.0 Å². The van der Waals surface area contributed by atoms with Crippen LogP contribution >= 0.6 is 0 Å². The maximum atomic E-state index is 8.94. The fourth-order valence-electron chi connectivity index (χ4n) is 2.60. The van der Waals surface area contributed by atoms with E-state index in [1.807, 2.05) is 12.1 Å². The number of anilines is 3. The van der Waals surface area contributed by atoms with E-state index < -0.39 is 0 Å². The molecule has 0 atom stereocenters. The van der Waals surface area contributed by atoms with Gasteiger partial charge in [-0.3, -0.25) is 0 Å². The van der Waals surface area contributed by atoms with Gasteiger partial charge < -0.3 is 10.2 Å². The first kappa shape index (κ1) is 14.3. The molecule has 1 aliphatic rings. The summed E-state index contributed by atoms with van der Waals surface area (Å²) in [5.41, 5.74) is 1.38. The van der Waals surface area contributed by atoms with Crippen LogP contribution in [0.25, 0.3) is 0 Å². The first-order chi connectivity index (χ1) is 10.8. The summed E-state index contributed by atoms with van der Waals surface area (Å²) in [6.07, 6.45) is 6.65. The number of nitriles is 1. The van der Waals surface area contributed by atoms with Crippen molar-refractivity contribution in [3.8, 4) is 6.07 Å². The van der Waals surface area contributed by atoms with Gasteiger partial charge in [-0.05, 0) is 31.0 Å². The molecule has 2 heterocycles. The van der Waals surface area contributed by atoms with Crippen LogP contribution in [-0.4, -0.2) is 28.3 Å². The second-order valence-corrected chi connectivity index (χ2v) is 5.36. The molecule has 3 rings (SSSR count). The lowest BCUT2D eigenvalue weighted by atomic mass is 10.2. The standard InChI is InChI=1S/C16H18N6/c17-11-13-6-5-7-14(10-13)19-16-20-15(12-18-21-16)22-8-3-1-2-4-9-22/h5-7,10,12H,1-4,8-9H2,(H,19,20,21). The molecule has 112 valence electrons. The van der Waals surface area contributed by atoms with Gasteiger partial charge in [-0.1, -0.05) is 18.9 Å². The number of nitrogens with zero attached hydrogens (tertiary/aromatic N) is 5. The van der Waals surface area contributed by atoms with Crippen LogP contribution < -0.4 is 10.2 Å². The van der Waals surface area contributed by atoms with Crippen molar-refractivity contribution in [2.24, 2.45) is 0 Å². The fraction of sp³-hybridized carbons (Fsp3) is 0.375. The van der Waals surface area contributed by atoms with Crippen molar-refractivity contribution in [1.82, 2.24) is 15.2 Å². The van der Waals surface area contributed by atoms with Crippen LogP contribution in [0.5, 0.6) is 0 Å². The van der Waals surface area contributed by atoms with Crippen molar-refractivity contribution in [2.45, 2.75) is 25.7 Å². The van der Waals surface area contributed by atoms with Crippen LogP contribution in [0.4, 0.5) is 17.5 Å². The maximum absolute atomic E-state index is 8.94. The molecule has 0 amide bonds. The molecule has 1 aromatic heterocycles. The number of hydrogen-bond donors (Lipinski definition) is 1. The molecule has 1 aliphatic heterocycles. The molecule has 2 aromatic rings. The fourth-order valence-corrected chi connectivity index (χ4v) is 2.60. The molecule has 0 spiro atoms. The van der Waals surface area contributed by atoms with Crippen LogP contribution in [0.2, 0.25) is 0 Å². The van der Waals surface area contributed by atoms with E-state index in [9.17, 15) is 0 Å². The molecule has 1 N–H and O–H groups in total. The number of aromatic nitrogens is 3. The van der Waals surface area contributed by atoms with Gasteiger partial charge in [0, 0.05) is 18.8 Å². The summed E-state index contributed by atoms with van der Waals surface area (Å²) in [6, 6.07) is 9.35. The molecular weight excluding hydrogens is 276 g/mol. The molecule has 0 bridgehead atoms. The van der Waals surface area contributed by atoms with E-state index >= 15 is 0 Å². The third-order valence-corrected chi connectivity index (χ3v) is 3.72. The summed E-state index contributed by atoms with van der Waals surface area (Å²) in [5, 5.41) is 20.1.